The Kier molecular flexibility index (Phi) is 5.47. The lowest BCUT2D eigenvalue weighted by atomic mass is 9.94. The Bertz CT molecular complexity index is 1270. The zero-order valence-corrected chi connectivity index (χ0v) is 21.5. The average Bonchev–Trinajstić information content (AvgIpc) is 3.48. The number of ether oxygens (including phenoxy) is 2. The van der Waals surface area contributed by atoms with Crippen molar-refractivity contribution >= 4 is 11.8 Å². The second-order valence-electron chi connectivity index (χ2n) is 11.3. The zero-order valence-electron chi connectivity index (χ0n) is 21.5. The van der Waals surface area contributed by atoms with Gasteiger partial charge in [-0.15, -0.1) is 0 Å². The van der Waals surface area contributed by atoms with E-state index in [1.807, 2.05) is 42.6 Å². The van der Waals surface area contributed by atoms with Crippen molar-refractivity contribution in [2.75, 3.05) is 11.9 Å². The van der Waals surface area contributed by atoms with E-state index in [1.54, 1.807) is 6.20 Å². The first kappa shape index (κ1) is 23.0. The summed E-state index contributed by atoms with van der Waals surface area (Å²) in [5.74, 6) is 0.891. The smallest absolute Gasteiger partial charge is 0.410 e. The summed E-state index contributed by atoms with van der Waals surface area (Å²) in [6, 6.07) is 15.8. The molecule has 3 aliphatic heterocycles. The lowest BCUT2D eigenvalue weighted by molar-refractivity contribution is 0.00599. The molecule has 3 aromatic rings. The van der Waals surface area contributed by atoms with Crippen LogP contribution in [0.15, 0.2) is 54.9 Å². The van der Waals surface area contributed by atoms with E-state index < -0.39 is 5.60 Å². The molecule has 4 heterocycles. The van der Waals surface area contributed by atoms with Gasteiger partial charge in [0.1, 0.15) is 18.0 Å². The fraction of sp³-hybridized carbons (Fsp3) is 0.448. The van der Waals surface area contributed by atoms with E-state index in [0.717, 1.165) is 42.7 Å². The average molecular weight is 487 g/mol. The first-order valence-corrected chi connectivity index (χ1v) is 12.9. The number of aromatic nitrogens is 2. The third-order valence-corrected chi connectivity index (χ3v) is 7.76. The van der Waals surface area contributed by atoms with Crippen LogP contribution in [0.2, 0.25) is 0 Å². The maximum absolute atomic E-state index is 12.8. The Hall–Kier alpha value is -3.48. The number of fused-ring (bicyclic) bond motifs is 5. The summed E-state index contributed by atoms with van der Waals surface area (Å²) >= 11 is 0. The predicted molar refractivity (Wildman–Crippen MR) is 140 cm³/mol. The lowest BCUT2D eigenvalue weighted by Gasteiger charge is -2.43. The number of nitrogens with zero attached hydrogens (tertiary/aromatic N) is 4. The number of rotatable bonds is 3. The molecule has 0 N–H and O–H groups in total. The monoisotopic (exact) mass is 486 g/mol. The number of hydrogen-bond acceptors (Lipinski definition) is 5. The van der Waals surface area contributed by atoms with Gasteiger partial charge in [-0.05, 0) is 87.9 Å². The highest BCUT2D eigenvalue weighted by atomic mass is 16.6. The van der Waals surface area contributed by atoms with Gasteiger partial charge in [0.05, 0.1) is 5.69 Å². The summed E-state index contributed by atoms with van der Waals surface area (Å²) in [5, 5.41) is 4.33. The van der Waals surface area contributed by atoms with Crippen LogP contribution in [-0.4, -0.2) is 51.5 Å². The number of anilines is 1. The Morgan fingerprint density at radius 3 is 2.53 bits per heavy atom. The maximum atomic E-state index is 12.8. The molecule has 2 saturated heterocycles. The molecule has 6 rings (SSSR count). The molecule has 2 aromatic carbocycles. The van der Waals surface area contributed by atoms with Crippen LogP contribution < -0.4 is 9.64 Å². The highest BCUT2D eigenvalue weighted by Gasteiger charge is 2.45. The number of piperidine rings is 1. The van der Waals surface area contributed by atoms with Crippen molar-refractivity contribution in [3.05, 3.63) is 60.4 Å². The van der Waals surface area contributed by atoms with Gasteiger partial charge >= 0.3 is 6.09 Å². The van der Waals surface area contributed by atoms with E-state index in [4.69, 9.17) is 9.47 Å². The summed E-state index contributed by atoms with van der Waals surface area (Å²) in [5.41, 5.74) is 5.27. The number of hydrogen-bond donors (Lipinski definition) is 0. The molecule has 1 aromatic heterocycles. The minimum Gasteiger partial charge on any atom is -0.488 e. The highest BCUT2D eigenvalue weighted by Crippen LogP contribution is 2.42. The van der Waals surface area contributed by atoms with Gasteiger partial charge in [0.25, 0.3) is 0 Å². The second-order valence-corrected chi connectivity index (χ2v) is 11.3. The van der Waals surface area contributed by atoms with Crippen molar-refractivity contribution in [2.45, 2.75) is 76.8 Å². The maximum Gasteiger partial charge on any atom is 0.410 e. The van der Waals surface area contributed by atoms with E-state index >= 15 is 0 Å². The van der Waals surface area contributed by atoms with Gasteiger partial charge in [0.15, 0.2) is 0 Å². The second kappa shape index (κ2) is 8.57. The molecule has 3 atom stereocenters. The van der Waals surface area contributed by atoms with Gasteiger partial charge in [-0.2, -0.15) is 5.10 Å². The van der Waals surface area contributed by atoms with Crippen LogP contribution in [0.5, 0.6) is 5.75 Å². The van der Waals surface area contributed by atoms with Crippen molar-refractivity contribution < 1.29 is 14.3 Å². The summed E-state index contributed by atoms with van der Waals surface area (Å²) in [6.45, 7) is 6.35. The van der Waals surface area contributed by atoms with Crippen molar-refractivity contribution in [3.63, 3.8) is 0 Å². The van der Waals surface area contributed by atoms with Gasteiger partial charge in [-0.25, -0.2) is 9.48 Å². The van der Waals surface area contributed by atoms with Crippen molar-refractivity contribution in [3.8, 4) is 22.6 Å². The van der Waals surface area contributed by atoms with Gasteiger partial charge in [0.2, 0.25) is 0 Å². The summed E-state index contributed by atoms with van der Waals surface area (Å²) < 4.78 is 13.7. The molecule has 1 amide bonds. The quantitative estimate of drug-likeness (QED) is 0.468. The van der Waals surface area contributed by atoms with E-state index in [9.17, 15) is 4.79 Å². The molecular weight excluding hydrogens is 452 g/mol. The zero-order chi connectivity index (χ0) is 25.0. The van der Waals surface area contributed by atoms with Crippen molar-refractivity contribution in [2.24, 2.45) is 0 Å². The Labute approximate surface area is 212 Å². The molecule has 0 spiro atoms. The van der Waals surface area contributed by atoms with E-state index in [2.05, 4.69) is 53.4 Å². The van der Waals surface area contributed by atoms with E-state index in [1.165, 1.54) is 16.8 Å². The van der Waals surface area contributed by atoms with E-state index in [0.29, 0.717) is 12.6 Å². The van der Waals surface area contributed by atoms with Crippen molar-refractivity contribution in [1.82, 2.24) is 14.7 Å². The molecular formula is C29H34N4O3. The minimum atomic E-state index is -0.464. The van der Waals surface area contributed by atoms with Crippen LogP contribution in [0.25, 0.3) is 16.8 Å². The molecule has 188 valence electrons. The van der Waals surface area contributed by atoms with Crippen LogP contribution in [0.3, 0.4) is 0 Å². The fourth-order valence-corrected chi connectivity index (χ4v) is 6.04. The van der Waals surface area contributed by atoms with E-state index in [-0.39, 0.29) is 18.2 Å². The first-order chi connectivity index (χ1) is 17.3. The third-order valence-electron chi connectivity index (χ3n) is 7.76. The Balaban J connectivity index is 1.19. The number of carbonyl (C=O) groups excluding carboxylic acids is 1. The molecule has 2 bridgehead atoms. The molecule has 0 radical (unpaired) electrons. The van der Waals surface area contributed by atoms with Crippen molar-refractivity contribution in [1.29, 1.82) is 0 Å². The van der Waals surface area contributed by atoms with Gasteiger partial charge in [-0.3, -0.25) is 0 Å². The Morgan fingerprint density at radius 2 is 1.83 bits per heavy atom. The first-order valence-electron chi connectivity index (χ1n) is 12.9. The van der Waals surface area contributed by atoms with Crippen LogP contribution in [0.1, 0.15) is 52.0 Å². The minimum absolute atomic E-state index is 0.156. The van der Waals surface area contributed by atoms with Crippen LogP contribution in [0, 0.1) is 0 Å². The predicted octanol–water partition coefficient (Wildman–Crippen LogP) is 5.80. The molecule has 3 aliphatic rings. The molecule has 7 heteroatoms. The number of amides is 1. The number of carbonyl (C=O) groups is 1. The molecule has 0 aliphatic carbocycles. The molecule has 7 nitrogen and oxygen atoms in total. The lowest BCUT2D eigenvalue weighted by Crippen LogP contribution is -2.53. The Morgan fingerprint density at radius 1 is 1.08 bits per heavy atom. The molecule has 36 heavy (non-hydrogen) atoms. The van der Waals surface area contributed by atoms with Crippen LogP contribution in [-0.2, 0) is 11.3 Å². The van der Waals surface area contributed by atoms with Gasteiger partial charge in [-0.1, -0.05) is 6.07 Å². The molecule has 1 unspecified atom stereocenters. The van der Waals surface area contributed by atoms with Crippen LogP contribution >= 0.6 is 0 Å². The topological polar surface area (TPSA) is 59.8 Å². The normalized spacial score (nSPS) is 22.4. The fourth-order valence-electron chi connectivity index (χ4n) is 6.04. The largest absolute Gasteiger partial charge is 0.488 e. The number of benzene rings is 2. The van der Waals surface area contributed by atoms with Crippen LogP contribution in [0.4, 0.5) is 10.5 Å². The van der Waals surface area contributed by atoms with Gasteiger partial charge in [0, 0.05) is 54.9 Å². The SMILES string of the molecule is CN(c1ccc2c(c1)COc1cc(-n3cccn3)ccc1-2)C1C[C@H]2CC[C@@H](C1)N2C(=O)OC(C)(C)C. The third kappa shape index (κ3) is 4.10. The summed E-state index contributed by atoms with van der Waals surface area (Å²) in [7, 11) is 2.18. The highest BCUT2D eigenvalue weighted by molar-refractivity contribution is 5.78. The molecule has 2 fully saturated rings. The summed E-state index contributed by atoms with van der Waals surface area (Å²) in [4.78, 5) is 17.3. The summed E-state index contributed by atoms with van der Waals surface area (Å²) in [6.07, 6.45) is 7.62. The molecule has 0 saturated carbocycles. The van der Waals surface area contributed by atoms with Gasteiger partial charge < -0.3 is 19.3 Å². The standard InChI is InChI=1S/C29H34N4O3/c1-29(2,3)36-28(34)33-22-6-7-23(33)16-24(15-22)31(4)20-8-10-25-19(14-20)18-35-27-17-21(9-11-26(25)27)32-13-5-12-30-32/h5,8-14,17,22-24H,6-7,15-16,18H2,1-4H3/t22-,23+,24?.